The molecule has 0 radical (unpaired) electrons. The molecule has 0 aliphatic carbocycles. The van der Waals surface area contributed by atoms with Crippen LogP contribution in [0.3, 0.4) is 0 Å². The van der Waals surface area contributed by atoms with Crippen LogP contribution in [0.2, 0.25) is 0 Å². The van der Waals surface area contributed by atoms with E-state index in [0.29, 0.717) is 16.4 Å². The fraction of sp³-hybridized carbons (Fsp3) is 0.143. The molecule has 0 bridgehead atoms. The zero-order chi connectivity index (χ0) is 9.42. The third-order valence-corrected chi connectivity index (χ3v) is 2.27. The summed E-state index contributed by atoms with van der Waals surface area (Å²) in [4.78, 5) is 4.05. The summed E-state index contributed by atoms with van der Waals surface area (Å²) in [5, 5.41) is 4.10. The van der Waals surface area contributed by atoms with Gasteiger partial charge in [0.25, 0.3) is 0 Å². The van der Waals surface area contributed by atoms with Crippen LogP contribution in [0.15, 0.2) is 21.4 Å². The Morgan fingerprint density at radius 2 is 2.38 bits per heavy atom. The Morgan fingerprint density at radius 1 is 1.62 bits per heavy atom. The first-order valence-electron chi connectivity index (χ1n) is 3.58. The first kappa shape index (κ1) is 8.31. The highest BCUT2D eigenvalue weighted by Gasteiger charge is 2.11. The fourth-order valence-corrected chi connectivity index (χ4v) is 1.38. The Labute approximate surface area is 82.7 Å². The largest absolute Gasteiger partial charge is 0.457 e. The highest BCUT2D eigenvalue weighted by atomic mass is 79.9. The van der Waals surface area contributed by atoms with Crippen LogP contribution in [0.1, 0.15) is 0 Å². The SMILES string of the molecule is Cn1nc(-c2ccoc2Br)nc1N. The lowest BCUT2D eigenvalue weighted by atomic mass is 10.3. The van der Waals surface area contributed by atoms with Crippen molar-refractivity contribution in [3.05, 3.63) is 17.0 Å². The molecule has 0 unspecified atom stereocenters. The van der Waals surface area contributed by atoms with E-state index in [1.165, 1.54) is 4.68 Å². The Kier molecular flexibility index (Phi) is 1.84. The number of hydrogen-bond acceptors (Lipinski definition) is 4. The monoisotopic (exact) mass is 242 g/mol. The lowest BCUT2D eigenvalue weighted by molar-refractivity contribution is 0.542. The summed E-state index contributed by atoms with van der Waals surface area (Å²) in [6, 6.07) is 1.78. The van der Waals surface area contributed by atoms with Crippen LogP contribution in [0.25, 0.3) is 11.4 Å². The predicted molar refractivity (Wildman–Crippen MR) is 50.8 cm³/mol. The molecule has 2 rings (SSSR count). The fourth-order valence-electron chi connectivity index (χ4n) is 0.964. The molecule has 5 nitrogen and oxygen atoms in total. The summed E-state index contributed by atoms with van der Waals surface area (Å²) in [7, 11) is 1.74. The van der Waals surface area contributed by atoms with Crippen LogP contribution < -0.4 is 5.73 Å². The van der Waals surface area contributed by atoms with E-state index in [9.17, 15) is 0 Å². The van der Waals surface area contributed by atoms with E-state index in [1.54, 1.807) is 19.4 Å². The van der Waals surface area contributed by atoms with Gasteiger partial charge in [0, 0.05) is 7.05 Å². The number of nitrogen functional groups attached to an aromatic ring is 1. The molecule has 0 aliphatic heterocycles. The van der Waals surface area contributed by atoms with E-state index in [2.05, 4.69) is 26.0 Å². The third kappa shape index (κ3) is 1.33. The summed E-state index contributed by atoms with van der Waals surface area (Å²) < 4.78 is 7.17. The molecule has 2 aromatic rings. The molecular formula is C7H7BrN4O. The van der Waals surface area contributed by atoms with Crippen molar-refractivity contribution in [2.45, 2.75) is 0 Å². The lowest BCUT2D eigenvalue weighted by Gasteiger charge is -1.87. The first-order chi connectivity index (χ1) is 6.18. The molecule has 0 saturated carbocycles. The van der Waals surface area contributed by atoms with Crippen LogP contribution in [-0.4, -0.2) is 14.8 Å². The van der Waals surface area contributed by atoms with Gasteiger partial charge in [-0.05, 0) is 22.0 Å². The first-order valence-corrected chi connectivity index (χ1v) is 4.37. The van der Waals surface area contributed by atoms with Gasteiger partial charge < -0.3 is 10.2 Å². The van der Waals surface area contributed by atoms with E-state index >= 15 is 0 Å². The van der Waals surface area contributed by atoms with Crippen molar-refractivity contribution < 1.29 is 4.42 Å². The molecule has 2 heterocycles. The van der Waals surface area contributed by atoms with Gasteiger partial charge in [0.05, 0.1) is 11.8 Å². The number of furan rings is 1. The van der Waals surface area contributed by atoms with Crippen molar-refractivity contribution in [2.24, 2.45) is 7.05 Å². The summed E-state index contributed by atoms with van der Waals surface area (Å²) in [5.41, 5.74) is 6.34. The average Bonchev–Trinajstić information content (AvgIpc) is 2.60. The second-order valence-electron chi connectivity index (χ2n) is 2.53. The number of nitrogens with two attached hydrogens (primary N) is 1. The molecule has 68 valence electrons. The zero-order valence-electron chi connectivity index (χ0n) is 6.86. The van der Waals surface area contributed by atoms with E-state index in [1.807, 2.05) is 0 Å². The molecule has 0 atom stereocenters. The van der Waals surface area contributed by atoms with Gasteiger partial charge in [-0.3, -0.25) is 0 Å². The van der Waals surface area contributed by atoms with Crippen molar-refractivity contribution in [3.63, 3.8) is 0 Å². The van der Waals surface area contributed by atoms with Crippen molar-refractivity contribution in [2.75, 3.05) is 5.73 Å². The minimum absolute atomic E-state index is 0.378. The number of rotatable bonds is 1. The molecule has 0 fully saturated rings. The van der Waals surface area contributed by atoms with Crippen LogP contribution in [0.5, 0.6) is 0 Å². The maximum atomic E-state index is 5.54. The molecule has 13 heavy (non-hydrogen) atoms. The second kappa shape index (κ2) is 2.88. The van der Waals surface area contributed by atoms with Crippen LogP contribution in [0, 0.1) is 0 Å². The maximum absolute atomic E-state index is 5.54. The summed E-state index contributed by atoms with van der Waals surface area (Å²) >= 11 is 3.24. The minimum Gasteiger partial charge on any atom is -0.457 e. The quantitative estimate of drug-likeness (QED) is 0.822. The van der Waals surface area contributed by atoms with E-state index in [4.69, 9.17) is 10.2 Å². The normalized spacial score (nSPS) is 10.6. The standard InChI is InChI=1S/C7H7BrN4O/c1-12-7(9)10-6(11-12)4-2-3-13-5(4)8/h2-3H,1H3,(H2,9,10,11). The highest BCUT2D eigenvalue weighted by Crippen LogP contribution is 2.26. The Balaban J connectivity index is 2.53. The molecule has 0 aliphatic rings. The molecule has 6 heteroatoms. The van der Waals surface area contributed by atoms with E-state index < -0.39 is 0 Å². The zero-order valence-corrected chi connectivity index (χ0v) is 8.45. The number of hydrogen-bond donors (Lipinski definition) is 1. The highest BCUT2D eigenvalue weighted by molar-refractivity contribution is 9.10. The Morgan fingerprint density at radius 3 is 2.85 bits per heavy atom. The summed E-state index contributed by atoms with van der Waals surface area (Å²) in [5.74, 6) is 0.934. The van der Waals surface area contributed by atoms with Crippen molar-refractivity contribution in [3.8, 4) is 11.4 Å². The van der Waals surface area contributed by atoms with Crippen molar-refractivity contribution in [1.82, 2.24) is 14.8 Å². The number of halogens is 1. The maximum Gasteiger partial charge on any atom is 0.218 e. The molecule has 0 spiro atoms. The van der Waals surface area contributed by atoms with Gasteiger partial charge in [0.15, 0.2) is 10.5 Å². The van der Waals surface area contributed by atoms with Crippen LogP contribution in [-0.2, 0) is 7.05 Å². The topological polar surface area (TPSA) is 69.9 Å². The van der Waals surface area contributed by atoms with Gasteiger partial charge in [-0.1, -0.05) is 0 Å². The van der Waals surface area contributed by atoms with Gasteiger partial charge in [0.2, 0.25) is 5.95 Å². The summed E-state index contributed by atoms with van der Waals surface area (Å²) in [6.45, 7) is 0. The third-order valence-electron chi connectivity index (χ3n) is 1.66. The molecular weight excluding hydrogens is 236 g/mol. The van der Waals surface area contributed by atoms with Gasteiger partial charge in [-0.25, -0.2) is 4.68 Å². The van der Waals surface area contributed by atoms with Gasteiger partial charge in [-0.2, -0.15) is 4.98 Å². The molecule has 2 aromatic heterocycles. The molecule has 0 saturated heterocycles. The van der Waals surface area contributed by atoms with Gasteiger partial charge in [-0.15, -0.1) is 5.10 Å². The van der Waals surface area contributed by atoms with Crippen molar-refractivity contribution in [1.29, 1.82) is 0 Å². The Bertz CT molecular complexity index is 414. The van der Waals surface area contributed by atoms with Gasteiger partial charge in [0.1, 0.15) is 0 Å². The van der Waals surface area contributed by atoms with Crippen molar-refractivity contribution >= 4 is 21.9 Å². The number of aryl methyl sites for hydroxylation is 1. The number of nitrogens with zero attached hydrogens (tertiary/aromatic N) is 3. The molecule has 0 amide bonds. The smallest absolute Gasteiger partial charge is 0.218 e. The number of anilines is 1. The van der Waals surface area contributed by atoms with E-state index in [0.717, 1.165) is 5.56 Å². The van der Waals surface area contributed by atoms with E-state index in [-0.39, 0.29) is 0 Å². The molecule has 0 aromatic carbocycles. The van der Waals surface area contributed by atoms with Gasteiger partial charge >= 0.3 is 0 Å². The second-order valence-corrected chi connectivity index (χ2v) is 3.25. The number of aromatic nitrogens is 3. The van der Waals surface area contributed by atoms with Crippen LogP contribution in [0.4, 0.5) is 5.95 Å². The lowest BCUT2D eigenvalue weighted by Crippen LogP contribution is -1.97. The minimum atomic E-state index is 0.378. The molecule has 2 N–H and O–H groups in total. The average molecular weight is 243 g/mol. The van der Waals surface area contributed by atoms with Crippen LogP contribution >= 0.6 is 15.9 Å². The Hall–Kier alpha value is -1.30. The predicted octanol–water partition coefficient (Wildman–Crippen LogP) is 1.42. The summed E-state index contributed by atoms with van der Waals surface area (Å²) in [6.07, 6.45) is 1.56.